The fourth-order valence-corrected chi connectivity index (χ4v) is 11.2. The Hall–Kier alpha value is -4.16. The number of methoxy groups -OCH3 is 1. The van der Waals surface area contributed by atoms with Gasteiger partial charge in [-0.3, -0.25) is 19.2 Å². The minimum atomic E-state index is -2.12. The van der Waals surface area contributed by atoms with E-state index in [1.165, 1.54) is 31.7 Å². The molecule has 4 aliphatic carbocycles. The summed E-state index contributed by atoms with van der Waals surface area (Å²) in [6.07, 6.45) is 5.98. The van der Waals surface area contributed by atoms with Crippen LogP contribution >= 0.6 is 12.4 Å². The Morgan fingerprint density at radius 1 is 0.939 bits per heavy atom. The van der Waals surface area contributed by atoms with E-state index in [0.29, 0.717) is 18.8 Å². The monoisotopic (exact) mass is 941 g/mol. The van der Waals surface area contributed by atoms with Gasteiger partial charge in [-0.25, -0.2) is 5.43 Å². The molecule has 1 saturated heterocycles. The summed E-state index contributed by atoms with van der Waals surface area (Å²) in [5.41, 5.74) is 5.19. The number of carbonyl (C=O) groups excluding carboxylic acids is 4. The molecule has 7 rings (SSSR count). The predicted molar refractivity (Wildman–Crippen MR) is 245 cm³/mol. The van der Waals surface area contributed by atoms with Gasteiger partial charge in [0.05, 0.1) is 54.4 Å². The summed E-state index contributed by atoms with van der Waals surface area (Å²) in [7, 11) is 1.33. The number of hydrogen-bond acceptors (Lipinski definition) is 15. The van der Waals surface area contributed by atoms with Crippen molar-refractivity contribution in [2.24, 2.45) is 27.6 Å². The second-order valence-corrected chi connectivity index (χ2v) is 19.7. The van der Waals surface area contributed by atoms with Crippen molar-refractivity contribution >= 4 is 41.6 Å². The van der Waals surface area contributed by atoms with E-state index in [-0.39, 0.29) is 81.9 Å². The van der Waals surface area contributed by atoms with Crippen molar-refractivity contribution in [1.82, 2.24) is 5.43 Å². The van der Waals surface area contributed by atoms with E-state index >= 15 is 0 Å². The Morgan fingerprint density at radius 3 is 2.20 bits per heavy atom. The quantitative estimate of drug-likeness (QED) is 0.0255. The first kappa shape index (κ1) is 51.2. The van der Waals surface area contributed by atoms with Gasteiger partial charge in [0.1, 0.15) is 29.0 Å². The lowest BCUT2D eigenvalue weighted by Crippen LogP contribution is -2.53. The van der Waals surface area contributed by atoms with Crippen molar-refractivity contribution in [3.63, 3.8) is 0 Å². The zero-order valence-corrected chi connectivity index (χ0v) is 39.5. The third-order valence-corrected chi connectivity index (χ3v) is 15.7. The molecule has 0 aromatic heterocycles. The van der Waals surface area contributed by atoms with Crippen molar-refractivity contribution in [1.29, 1.82) is 0 Å². The Bertz CT molecular complexity index is 2190. The summed E-state index contributed by atoms with van der Waals surface area (Å²) in [4.78, 5) is 53.6. The molecule has 0 unspecified atom stereocenters. The second kappa shape index (κ2) is 20.6. The van der Waals surface area contributed by atoms with Crippen LogP contribution < -0.4 is 15.9 Å². The van der Waals surface area contributed by atoms with E-state index in [1.807, 2.05) is 0 Å². The molecule has 0 spiro atoms. The van der Waals surface area contributed by atoms with E-state index in [4.69, 9.17) is 24.7 Å². The van der Waals surface area contributed by atoms with Gasteiger partial charge in [0.15, 0.2) is 12.1 Å². The van der Waals surface area contributed by atoms with Crippen LogP contribution in [0.4, 0.5) is 0 Å². The Balaban J connectivity index is 0.00000720. The van der Waals surface area contributed by atoms with Gasteiger partial charge in [0.25, 0.3) is 0 Å². The summed E-state index contributed by atoms with van der Waals surface area (Å²) in [6, 6.07) is 3.66. The fourth-order valence-electron chi connectivity index (χ4n) is 11.2. The Labute approximate surface area is 392 Å². The highest BCUT2D eigenvalue weighted by atomic mass is 35.5. The number of nitrogens with one attached hydrogen (secondary N) is 1. The van der Waals surface area contributed by atoms with E-state index < -0.39 is 95.8 Å². The van der Waals surface area contributed by atoms with Crippen molar-refractivity contribution in [3.8, 4) is 17.2 Å². The average molecular weight is 943 g/mol. The summed E-state index contributed by atoms with van der Waals surface area (Å²) in [5.74, 6) is -2.67. The number of nitrogens with two attached hydrogens (primary N) is 1. The van der Waals surface area contributed by atoms with Gasteiger partial charge >= 0.3 is 5.97 Å². The van der Waals surface area contributed by atoms with Crippen molar-refractivity contribution in [2.45, 2.75) is 173 Å². The highest BCUT2D eigenvalue weighted by molar-refractivity contribution is 6.31. The SMILES string of the molecule is COc1cccc2c1C(=O)c1c(O)c3c(c(O)c1C2=O)C[C@@](O)(/C(CO)=N/NC(=O)CCCCCCCCCCC(=O)O[C@@H]1C[C@@H]2CC[C@@]1(C)C2(C)C)C[C@@H]3O[C@H]1C[C@H](N)[C@H](O)[C@H](C)O1.Cl. The van der Waals surface area contributed by atoms with Crippen LogP contribution in [0.3, 0.4) is 0 Å². The molecule has 1 aliphatic heterocycles. The van der Waals surface area contributed by atoms with Gasteiger partial charge in [-0.05, 0) is 56.4 Å². The third-order valence-electron chi connectivity index (χ3n) is 15.7. The number of phenolic OH excluding ortho intramolecular Hbond substituents is 2. The maximum atomic E-state index is 14.0. The Kier molecular flexibility index (Phi) is 16.0. The van der Waals surface area contributed by atoms with Crippen LogP contribution in [-0.4, -0.2) is 105 Å². The molecule has 2 saturated carbocycles. The van der Waals surface area contributed by atoms with Crippen LogP contribution in [0.15, 0.2) is 23.3 Å². The number of benzene rings is 2. The van der Waals surface area contributed by atoms with E-state index in [9.17, 15) is 44.7 Å². The number of fused-ring (bicyclic) bond motifs is 5. The first-order valence-electron chi connectivity index (χ1n) is 23.4. The van der Waals surface area contributed by atoms with Crippen LogP contribution in [0, 0.1) is 16.7 Å². The molecule has 5 aliphatic rings. The minimum Gasteiger partial charge on any atom is -0.507 e. The fraction of sp³-hybridized carbons (Fsp3) is 0.653. The minimum absolute atomic E-state index is 0. The van der Waals surface area contributed by atoms with Gasteiger partial charge in [-0.1, -0.05) is 71.4 Å². The van der Waals surface area contributed by atoms with Crippen LogP contribution in [0.1, 0.15) is 173 Å². The molecular formula is C49H68ClN3O13. The molecular weight excluding hydrogens is 874 g/mol. The number of nitrogens with zero attached hydrogens (tertiary/aromatic N) is 1. The van der Waals surface area contributed by atoms with E-state index in [1.54, 1.807) is 6.92 Å². The maximum absolute atomic E-state index is 14.0. The van der Waals surface area contributed by atoms with Gasteiger partial charge in [-0.2, -0.15) is 5.10 Å². The lowest BCUT2D eigenvalue weighted by Gasteiger charge is -2.43. The number of aliphatic hydroxyl groups is 3. The molecule has 16 nitrogen and oxygen atoms in total. The number of carbonyl (C=O) groups is 4. The number of aliphatic hydroxyl groups excluding tert-OH is 2. The molecule has 17 heteroatoms. The molecule has 8 N–H and O–H groups in total. The van der Waals surface area contributed by atoms with Crippen molar-refractivity contribution < 1.29 is 63.7 Å². The van der Waals surface area contributed by atoms with E-state index in [2.05, 4.69) is 31.3 Å². The van der Waals surface area contributed by atoms with Crippen LogP contribution in [0.5, 0.6) is 17.2 Å². The lowest BCUT2D eigenvalue weighted by atomic mass is 9.70. The molecule has 1 heterocycles. The smallest absolute Gasteiger partial charge is 0.306 e. The molecule has 9 atom stereocenters. The normalized spacial score (nSPS) is 29.7. The highest BCUT2D eigenvalue weighted by Gasteiger charge is 2.63. The number of hydrazone groups is 1. The maximum Gasteiger partial charge on any atom is 0.306 e. The number of hydrogen-bond donors (Lipinski definition) is 7. The molecule has 2 aromatic carbocycles. The molecule has 2 aromatic rings. The lowest BCUT2D eigenvalue weighted by molar-refractivity contribution is -0.245. The number of esters is 1. The zero-order valence-electron chi connectivity index (χ0n) is 38.7. The number of aromatic hydroxyl groups is 2. The number of amides is 1. The largest absolute Gasteiger partial charge is 0.507 e. The summed E-state index contributed by atoms with van der Waals surface area (Å²) < 4.78 is 23.5. The number of rotatable bonds is 18. The summed E-state index contributed by atoms with van der Waals surface area (Å²) in [6.45, 7) is 7.69. The first-order chi connectivity index (χ1) is 30.9. The number of halogens is 1. The number of phenols is 2. The number of unbranched alkanes of at least 4 members (excludes halogenated alkanes) is 7. The van der Waals surface area contributed by atoms with Gasteiger partial charge in [-0.15, -0.1) is 12.4 Å². The average Bonchev–Trinajstić information content (AvgIpc) is 3.60. The summed E-state index contributed by atoms with van der Waals surface area (Å²) in [5, 5.41) is 61.1. The Morgan fingerprint density at radius 2 is 1.59 bits per heavy atom. The van der Waals surface area contributed by atoms with Crippen LogP contribution in [0.2, 0.25) is 0 Å². The molecule has 66 heavy (non-hydrogen) atoms. The first-order valence-corrected chi connectivity index (χ1v) is 23.4. The molecule has 2 bridgehead atoms. The molecule has 0 radical (unpaired) electrons. The van der Waals surface area contributed by atoms with Gasteiger partial charge in [0.2, 0.25) is 11.7 Å². The highest BCUT2D eigenvalue weighted by Crippen LogP contribution is 2.66. The topological polar surface area (TPSA) is 257 Å². The number of ketones is 2. The van der Waals surface area contributed by atoms with Crippen molar-refractivity contribution in [2.75, 3.05) is 13.7 Å². The second-order valence-electron chi connectivity index (χ2n) is 19.7. The number of ether oxygens (including phenoxy) is 4. The van der Waals surface area contributed by atoms with Crippen molar-refractivity contribution in [3.05, 3.63) is 51.6 Å². The van der Waals surface area contributed by atoms with Gasteiger partial charge < -0.3 is 50.2 Å². The van der Waals surface area contributed by atoms with Crippen LogP contribution in [0.25, 0.3) is 0 Å². The third kappa shape index (κ3) is 9.61. The molecule has 3 fully saturated rings. The standard InChI is InChI=1S/C49H67N3O13.ClH/c1-26-42(56)30(50)22-37(63-26)64-32-24-49(61,23-29-39(32)46(60)41-40(44(29)58)43(57)28-15-14-16-31(62-5)38(28)45(41)59)33(25-53)51-52-35(54)17-12-10-8-6-7-9-11-13-18-36(55)65-34-21-27-19-20-48(34,4)47(27,2)3;/h14-16,26-27,30,32,34,37,42,53,56,58,60-61H,6-13,17-25,50H2,1-5H3,(H,52,54);1H/b51-33+;/t26-,27-,30-,32-,34+,37-,42+,48+,49-;/m0./s1. The summed E-state index contributed by atoms with van der Waals surface area (Å²) >= 11 is 0. The van der Waals surface area contributed by atoms with E-state index in [0.717, 1.165) is 57.8 Å². The predicted octanol–water partition coefficient (Wildman–Crippen LogP) is 5.99. The molecule has 1 amide bonds. The molecule has 364 valence electrons. The zero-order chi connectivity index (χ0) is 47.0. The van der Waals surface area contributed by atoms with Gasteiger partial charge in [0, 0.05) is 60.3 Å². The van der Waals surface area contributed by atoms with Crippen LogP contribution in [-0.2, 0) is 30.2 Å².